The van der Waals surface area contributed by atoms with Crippen molar-refractivity contribution < 1.29 is 19.1 Å². The number of halogens is 3. The van der Waals surface area contributed by atoms with E-state index in [1.807, 2.05) is 0 Å². The molecule has 136 valence electrons. The monoisotopic (exact) mass is 413 g/mol. The van der Waals surface area contributed by atoms with Crippen LogP contribution < -0.4 is 5.32 Å². The van der Waals surface area contributed by atoms with Crippen LogP contribution in [0.2, 0.25) is 15.1 Å². The Kier molecular flexibility index (Phi) is 6.64. The molecule has 1 unspecified atom stereocenters. The van der Waals surface area contributed by atoms with Crippen molar-refractivity contribution in [2.75, 3.05) is 5.32 Å². The predicted octanol–water partition coefficient (Wildman–Crippen LogP) is 5.03. The first kappa shape index (κ1) is 20.2. The summed E-state index contributed by atoms with van der Waals surface area (Å²) in [5, 5.41) is 2.75. The smallest absolute Gasteiger partial charge is 0.342 e. The third-order valence-electron chi connectivity index (χ3n) is 3.46. The van der Waals surface area contributed by atoms with E-state index >= 15 is 0 Å². The Bertz CT molecular complexity index is 865. The predicted molar refractivity (Wildman–Crippen MR) is 101 cm³/mol. The molecule has 0 saturated carbocycles. The van der Waals surface area contributed by atoms with E-state index in [4.69, 9.17) is 39.5 Å². The second-order valence-electron chi connectivity index (χ2n) is 5.39. The van der Waals surface area contributed by atoms with Gasteiger partial charge >= 0.3 is 5.97 Å². The van der Waals surface area contributed by atoms with E-state index < -0.39 is 18.0 Å². The van der Waals surface area contributed by atoms with Crippen LogP contribution in [-0.2, 0) is 9.53 Å². The molecule has 5 nitrogen and oxygen atoms in total. The van der Waals surface area contributed by atoms with Crippen LogP contribution in [0.3, 0.4) is 0 Å². The fraction of sp³-hybridized carbons (Fsp3) is 0.167. The molecule has 0 aromatic heterocycles. The maximum absolute atomic E-state index is 12.3. The highest BCUT2D eigenvalue weighted by molar-refractivity contribution is 6.46. The number of ketones is 1. The van der Waals surface area contributed by atoms with Crippen molar-refractivity contribution in [2.45, 2.75) is 20.0 Å². The summed E-state index contributed by atoms with van der Waals surface area (Å²) in [6, 6.07) is 9.18. The van der Waals surface area contributed by atoms with Crippen molar-refractivity contribution in [1.29, 1.82) is 0 Å². The number of carbonyl (C=O) groups is 3. The number of esters is 1. The highest BCUT2D eigenvalue weighted by Crippen LogP contribution is 2.32. The first-order chi connectivity index (χ1) is 12.2. The largest absolute Gasteiger partial charge is 0.449 e. The minimum absolute atomic E-state index is 0.0448. The molecule has 2 aromatic carbocycles. The Balaban J connectivity index is 2.06. The molecule has 0 aliphatic rings. The standard InChI is InChI=1S/C18H14Cl3NO4/c1-9(23)11-3-5-12(6-4-11)22-17(24)10(2)26-18(25)15-13(19)7-8-14(20)16(15)21/h3-8,10H,1-2H3,(H,22,24). The molecular formula is C18H14Cl3NO4. The fourth-order valence-corrected chi connectivity index (χ4v) is 2.70. The number of carbonyl (C=O) groups excluding carboxylic acids is 3. The number of amides is 1. The quantitative estimate of drug-likeness (QED) is 0.423. The van der Waals surface area contributed by atoms with Crippen molar-refractivity contribution in [3.05, 3.63) is 62.6 Å². The van der Waals surface area contributed by atoms with Crippen molar-refractivity contribution in [3.63, 3.8) is 0 Å². The maximum Gasteiger partial charge on any atom is 0.342 e. The van der Waals surface area contributed by atoms with E-state index in [9.17, 15) is 14.4 Å². The Morgan fingerprint density at radius 1 is 0.962 bits per heavy atom. The number of Topliss-reactive ketones (excluding diaryl/α,β-unsaturated/α-hetero) is 1. The number of hydrogen-bond acceptors (Lipinski definition) is 4. The van der Waals surface area contributed by atoms with Gasteiger partial charge in [0.15, 0.2) is 11.9 Å². The van der Waals surface area contributed by atoms with Crippen LogP contribution in [-0.4, -0.2) is 23.8 Å². The van der Waals surface area contributed by atoms with Crippen molar-refractivity contribution >= 4 is 58.1 Å². The number of benzene rings is 2. The molecule has 0 radical (unpaired) electrons. The van der Waals surface area contributed by atoms with Crippen molar-refractivity contribution in [1.82, 2.24) is 0 Å². The maximum atomic E-state index is 12.3. The Morgan fingerprint density at radius 2 is 1.54 bits per heavy atom. The molecule has 0 saturated heterocycles. The van der Waals surface area contributed by atoms with E-state index in [-0.39, 0.29) is 26.4 Å². The number of rotatable bonds is 5. The van der Waals surface area contributed by atoms with Crippen LogP contribution >= 0.6 is 34.8 Å². The van der Waals surface area contributed by atoms with E-state index in [1.54, 1.807) is 24.3 Å². The molecule has 2 aromatic rings. The third-order valence-corrected chi connectivity index (χ3v) is 4.58. The van der Waals surface area contributed by atoms with Gasteiger partial charge in [-0.1, -0.05) is 34.8 Å². The molecule has 0 fully saturated rings. The Labute approximate surface area is 165 Å². The Hall–Kier alpha value is -2.08. The fourth-order valence-electron chi connectivity index (χ4n) is 2.02. The van der Waals surface area contributed by atoms with Gasteiger partial charge in [-0.2, -0.15) is 0 Å². The molecule has 1 atom stereocenters. The average molecular weight is 415 g/mol. The highest BCUT2D eigenvalue weighted by atomic mass is 35.5. The molecule has 8 heteroatoms. The molecule has 0 aliphatic heterocycles. The first-order valence-electron chi connectivity index (χ1n) is 7.47. The molecule has 26 heavy (non-hydrogen) atoms. The number of nitrogens with one attached hydrogen (secondary N) is 1. The van der Waals surface area contributed by atoms with Gasteiger partial charge in [-0.15, -0.1) is 0 Å². The number of hydrogen-bond donors (Lipinski definition) is 1. The van der Waals surface area contributed by atoms with E-state index in [1.165, 1.54) is 26.0 Å². The normalized spacial score (nSPS) is 11.6. The zero-order valence-electron chi connectivity index (χ0n) is 13.8. The van der Waals surface area contributed by atoms with Crippen LogP contribution in [0.4, 0.5) is 5.69 Å². The van der Waals surface area contributed by atoms with Crippen molar-refractivity contribution in [2.24, 2.45) is 0 Å². The highest BCUT2D eigenvalue weighted by Gasteiger charge is 2.24. The van der Waals surface area contributed by atoms with Gasteiger partial charge in [-0.3, -0.25) is 9.59 Å². The molecule has 0 heterocycles. The molecule has 2 rings (SSSR count). The summed E-state index contributed by atoms with van der Waals surface area (Å²) in [5.74, 6) is -1.50. The zero-order valence-corrected chi connectivity index (χ0v) is 16.1. The van der Waals surface area contributed by atoms with Crippen LogP contribution in [0.15, 0.2) is 36.4 Å². The van der Waals surface area contributed by atoms with Gasteiger partial charge in [0.25, 0.3) is 5.91 Å². The molecule has 0 aliphatic carbocycles. The average Bonchev–Trinajstić information content (AvgIpc) is 2.59. The Morgan fingerprint density at radius 3 is 2.12 bits per heavy atom. The van der Waals surface area contributed by atoms with Gasteiger partial charge in [0.05, 0.1) is 20.6 Å². The topological polar surface area (TPSA) is 72.5 Å². The van der Waals surface area contributed by atoms with E-state index in [2.05, 4.69) is 5.32 Å². The zero-order chi connectivity index (χ0) is 19.4. The van der Waals surface area contributed by atoms with Gasteiger partial charge in [0.2, 0.25) is 0 Å². The summed E-state index contributed by atoms with van der Waals surface area (Å²) in [4.78, 5) is 35.7. The summed E-state index contributed by atoms with van der Waals surface area (Å²) in [7, 11) is 0. The third kappa shape index (κ3) is 4.75. The van der Waals surface area contributed by atoms with Gasteiger partial charge in [-0.25, -0.2) is 4.79 Å². The number of ether oxygens (including phenoxy) is 1. The molecular weight excluding hydrogens is 401 g/mol. The second-order valence-corrected chi connectivity index (χ2v) is 6.58. The van der Waals surface area contributed by atoms with Crippen molar-refractivity contribution in [3.8, 4) is 0 Å². The molecule has 0 spiro atoms. The lowest BCUT2D eigenvalue weighted by atomic mass is 10.1. The minimum atomic E-state index is -1.11. The van der Waals surface area contributed by atoms with E-state index in [0.717, 1.165) is 0 Å². The van der Waals surface area contributed by atoms with Gasteiger partial charge < -0.3 is 10.1 Å². The van der Waals surface area contributed by atoms with E-state index in [0.29, 0.717) is 11.3 Å². The van der Waals surface area contributed by atoms with Crippen LogP contribution in [0.5, 0.6) is 0 Å². The first-order valence-corrected chi connectivity index (χ1v) is 8.60. The van der Waals surface area contributed by atoms with Gasteiger partial charge in [-0.05, 0) is 50.2 Å². The summed E-state index contributed by atoms with van der Waals surface area (Å²) in [5.41, 5.74) is 0.876. The van der Waals surface area contributed by atoms with Gasteiger partial charge in [0, 0.05) is 11.3 Å². The molecule has 0 bridgehead atoms. The van der Waals surface area contributed by atoms with Crippen LogP contribution in [0, 0.1) is 0 Å². The molecule has 1 amide bonds. The summed E-state index contributed by atoms with van der Waals surface area (Å²) < 4.78 is 5.12. The lowest BCUT2D eigenvalue weighted by Gasteiger charge is -2.15. The summed E-state index contributed by atoms with van der Waals surface area (Å²) >= 11 is 17.8. The summed E-state index contributed by atoms with van der Waals surface area (Å²) in [6.07, 6.45) is -1.11. The lowest BCUT2D eigenvalue weighted by Crippen LogP contribution is -2.30. The minimum Gasteiger partial charge on any atom is -0.449 e. The second kappa shape index (κ2) is 8.54. The number of anilines is 1. The molecule has 1 N–H and O–H groups in total. The van der Waals surface area contributed by atoms with Gasteiger partial charge in [0.1, 0.15) is 0 Å². The van der Waals surface area contributed by atoms with Crippen LogP contribution in [0.25, 0.3) is 0 Å². The lowest BCUT2D eigenvalue weighted by molar-refractivity contribution is -0.123. The summed E-state index contributed by atoms with van der Waals surface area (Å²) in [6.45, 7) is 2.85. The SMILES string of the molecule is CC(=O)c1ccc(NC(=O)C(C)OC(=O)c2c(Cl)ccc(Cl)c2Cl)cc1. The van der Waals surface area contributed by atoms with Crippen LogP contribution in [0.1, 0.15) is 34.6 Å².